The van der Waals surface area contributed by atoms with Crippen LogP contribution < -0.4 is 10.6 Å². The van der Waals surface area contributed by atoms with E-state index < -0.39 is 0 Å². The summed E-state index contributed by atoms with van der Waals surface area (Å²) in [5, 5.41) is 4.60. The van der Waals surface area contributed by atoms with E-state index in [2.05, 4.69) is 41.2 Å². The molecule has 21 heavy (non-hydrogen) atoms. The second-order valence-corrected chi connectivity index (χ2v) is 5.38. The molecule has 0 atom stereocenters. The predicted molar refractivity (Wildman–Crippen MR) is 84.0 cm³/mol. The summed E-state index contributed by atoms with van der Waals surface area (Å²) < 4.78 is 7.36. The summed E-state index contributed by atoms with van der Waals surface area (Å²) in [6.45, 7) is 8.13. The van der Waals surface area contributed by atoms with E-state index in [-0.39, 0.29) is 0 Å². The van der Waals surface area contributed by atoms with Gasteiger partial charge >= 0.3 is 0 Å². The molecule has 1 aliphatic rings. The minimum atomic E-state index is 0.531. The van der Waals surface area contributed by atoms with Crippen molar-refractivity contribution in [3.8, 4) is 5.69 Å². The number of hydrogen-bond acceptors (Lipinski definition) is 4. The lowest BCUT2D eigenvalue weighted by molar-refractivity contribution is 0.122. The lowest BCUT2D eigenvalue weighted by Gasteiger charge is -2.28. The molecule has 2 N–H and O–H groups in total. The molecule has 1 aromatic heterocycles. The fourth-order valence-corrected chi connectivity index (χ4v) is 2.85. The van der Waals surface area contributed by atoms with Crippen LogP contribution in [0.1, 0.15) is 17.0 Å². The SMILES string of the molecule is Cc1nn(-c2ccc(N3CCOCC3)cc2)c(C)c1CN. The molecule has 1 fully saturated rings. The van der Waals surface area contributed by atoms with Gasteiger partial charge in [-0.15, -0.1) is 0 Å². The van der Waals surface area contributed by atoms with Crippen LogP contribution in [0, 0.1) is 13.8 Å². The van der Waals surface area contributed by atoms with Crippen molar-refractivity contribution >= 4 is 5.69 Å². The van der Waals surface area contributed by atoms with E-state index in [0.29, 0.717) is 6.54 Å². The summed E-state index contributed by atoms with van der Waals surface area (Å²) in [6.07, 6.45) is 0. The van der Waals surface area contributed by atoms with E-state index in [9.17, 15) is 0 Å². The second-order valence-electron chi connectivity index (χ2n) is 5.38. The summed E-state index contributed by atoms with van der Waals surface area (Å²) >= 11 is 0. The Hall–Kier alpha value is -1.85. The second kappa shape index (κ2) is 5.87. The largest absolute Gasteiger partial charge is 0.378 e. The molecule has 2 aromatic rings. The lowest BCUT2D eigenvalue weighted by atomic mass is 10.2. The third-order valence-corrected chi connectivity index (χ3v) is 4.12. The molecule has 1 aliphatic heterocycles. The number of aryl methyl sites for hydroxylation is 1. The van der Waals surface area contributed by atoms with Crippen LogP contribution in [0.4, 0.5) is 5.69 Å². The van der Waals surface area contributed by atoms with Crippen molar-refractivity contribution in [1.82, 2.24) is 9.78 Å². The number of hydrogen-bond donors (Lipinski definition) is 1. The first kappa shape index (κ1) is 14.1. The molecule has 0 saturated carbocycles. The van der Waals surface area contributed by atoms with E-state index in [0.717, 1.165) is 48.9 Å². The highest BCUT2D eigenvalue weighted by molar-refractivity contribution is 5.51. The van der Waals surface area contributed by atoms with Crippen LogP contribution in [-0.2, 0) is 11.3 Å². The van der Waals surface area contributed by atoms with Crippen molar-refractivity contribution in [1.29, 1.82) is 0 Å². The number of morpholine rings is 1. The first-order valence-corrected chi connectivity index (χ1v) is 7.39. The maximum atomic E-state index is 5.79. The maximum absolute atomic E-state index is 5.79. The highest BCUT2D eigenvalue weighted by atomic mass is 16.5. The Bertz CT molecular complexity index is 612. The molecule has 5 heteroatoms. The van der Waals surface area contributed by atoms with Crippen LogP contribution >= 0.6 is 0 Å². The molecule has 0 spiro atoms. The fraction of sp³-hybridized carbons (Fsp3) is 0.438. The molecule has 0 amide bonds. The quantitative estimate of drug-likeness (QED) is 0.934. The van der Waals surface area contributed by atoms with Crippen LogP contribution in [-0.4, -0.2) is 36.1 Å². The van der Waals surface area contributed by atoms with Crippen molar-refractivity contribution in [2.45, 2.75) is 20.4 Å². The molecule has 112 valence electrons. The summed E-state index contributed by atoms with van der Waals surface area (Å²) in [6, 6.07) is 8.54. The standard InChI is InChI=1S/C16H22N4O/c1-12-16(11-17)13(2)20(18-12)15-5-3-14(4-6-15)19-7-9-21-10-8-19/h3-6H,7-11,17H2,1-2H3. The van der Waals surface area contributed by atoms with Crippen molar-refractivity contribution in [2.75, 3.05) is 31.2 Å². The monoisotopic (exact) mass is 286 g/mol. The van der Waals surface area contributed by atoms with Crippen LogP contribution in [0.2, 0.25) is 0 Å². The predicted octanol–water partition coefficient (Wildman–Crippen LogP) is 1.78. The van der Waals surface area contributed by atoms with Gasteiger partial charge in [-0.25, -0.2) is 4.68 Å². The number of aromatic nitrogens is 2. The van der Waals surface area contributed by atoms with E-state index >= 15 is 0 Å². The molecular formula is C16H22N4O. The summed E-state index contributed by atoms with van der Waals surface area (Å²) in [4.78, 5) is 2.35. The summed E-state index contributed by atoms with van der Waals surface area (Å²) in [5.41, 5.74) is 11.4. The minimum absolute atomic E-state index is 0.531. The molecule has 3 rings (SSSR count). The third-order valence-electron chi connectivity index (χ3n) is 4.12. The van der Waals surface area contributed by atoms with Crippen LogP contribution in [0.15, 0.2) is 24.3 Å². The average molecular weight is 286 g/mol. The normalized spacial score (nSPS) is 15.5. The molecule has 0 bridgehead atoms. The Morgan fingerprint density at radius 1 is 1.10 bits per heavy atom. The van der Waals surface area contributed by atoms with E-state index in [1.165, 1.54) is 5.69 Å². The minimum Gasteiger partial charge on any atom is -0.378 e. The average Bonchev–Trinajstić information content (AvgIpc) is 2.82. The summed E-state index contributed by atoms with van der Waals surface area (Å²) in [5.74, 6) is 0. The third kappa shape index (κ3) is 2.66. The fourth-order valence-electron chi connectivity index (χ4n) is 2.85. The smallest absolute Gasteiger partial charge is 0.0650 e. The number of benzene rings is 1. The number of nitrogens with two attached hydrogens (primary N) is 1. The van der Waals surface area contributed by atoms with Gasteiger partial charge in [0.1, 0.15) is 0 Å². The van der Waals surface area contributed by atoms with Gasteiger partial charge < -0.3 is 15.4 Å². The molecule has 0 unspecified atom stereocenters. The Morgan fingerprint density at radius 3 is 2.29 bits per heavy atom. The van der Waals surface area contributed by atoms with Gasteiger partial charge in [-0.1, -0.05) is 0 Å². The Balaban J connectivity index is 1.87. The van der Waals surface area contributed by atoms with Crippen LogP contribution in [0.5, 0.6) is 0 Å². The lowest BCUT2D eigenvalue weighted by Crippen LogP contribution is -2.36. The maximum Gasteiger partial charge on any atom is 0.0650 e. The first-order chi connectivity index (χ1) is 10.2. The molecule has 1 saturated heterocycles. The zero-order chi connectivity index (χ0) is 14.8. The number of ether oxygens (including phenoxy) is 1. The van der Waals surface area contributed by atoms with Crippen LogP contribution in [0.25, 0.3) is 5.69 Å². The molecule has 2 heterocycles. The van der Waals surface area contributed by atoms with Crippen LogP contribution in [0.3, 0.4) is 0 Å². The molecule has 5 nitrogen and oxygen atoms in total. The topological polar surface area (TPSA) is 56.3 Å². The van der Waals surface area contributed by atoms with Gasteiger partial charge in [0.15, 0.2) is 0 Å². The number of nitrogens with zero attached hydrogens (tertiary/aromatic N) is 3. The van der Waals surface area contributed by atoms with Crippen molar-refractivity contribution in [2.24, 2.45) is 5.73 Å². The van der Waals surface area contributed by atoms with E-state index in [4.69, 9.17) is 10.5 Å². The van der Waals surface area contributed by atoms with Gasteiger partial charge in [0, 0.05) is 36.6 Å². The van der Waals surface area contributed by atoms with Crippen molar-refractivity contribution < 1.29 is 4.74 Å². The Morgan fingerprint density at radius 2 is 1.71 bits per heavy atom. The highest BCUT2D eigenvalue weighted by Crippen LogP contribution is 2.21. The van der Waals surface area contributed by atoms with E-state index in [1.807, 2.05) is 11.6 Å². The molecule has 0 radical (unpaired) electrons. The zero-order valence-corrected chi connectivity index (χ0v) is 12.7. The zero-order valence-electron chi connectivity index (χ0n) is 12.7. The molecule has 1 aromatic carbocycles. The summed E-state index contributed by atoms with van der Waals surface area (Å²) in [7, 11) is 0. The Labute approximate surface area is 125 Å². The van der Waals surface area contributed by atoms with E-state index in [1.54, 1.807) is 0 Å². The highest BCUT2D eigenvalue weighted by Gasteiger charge is 2.13. The molecular weight excluding hydrogens is 264 g/mol. The van der Waals surface area contributed by atoms with Crippen molar-refractivity contribution in [3.05, 3.63) is 41.2 Å². The van der Waals surface area contributed by atoms with Gasteiger partial charge in [-0.05, 0) is 38.1 Å². The van der Waals surface area contributed by atoms with Gasteiger partial charge in [0.25, 0.3) is 0 Å². The van der Waals surface area contributed by atoms with Gasteiger partial charge in [0.05, 0.1) is 24.6 Å². The first-order valence-electron chi connectivity index (χ1n) is 7.39. The molecule has 0 aliphatic carbocycles. The van der Waals surface area contributed by atoms with Gasteiger partial charge in [0.2, 0.25) is 0 Å². The van der Waals surface area contributed by atoms with Crippen molar-refractivity contribution in [3.63, 3.8) is 0 Å². The Kier molecular flexibility index (Phi) is 3.94. The number of anilines is 1. The van der Waals surface area contributed by atoms with Gasteiger partial charge in [-0.3, -0.25) is 0 Å². The number of rotatable bonds is 3. The van der Waals surface area contributed by atoms with Gasteiger partial charge in [-0.2, -0.15) is 5.10 Å².